The lowest BCUT2D eigenvalue weighted by atomic mass is 10.0. The topological polar surface area (TPSA) is 107 Å². The van der Waals surface area contributed by atoms with Gasteiger partial charge < -0.3 is 9.84 Å². The van der Waals surface area contributed by atoms with Gasteiger partial charge >= 0.3 is 0 Å². The molecule has 1 aliphatic heterocycles. The monoisotopic (exact) mass is 520 g/mol. The van der Waals surface area contributed by atoms with Gasteiger partial charge in [-0.3, -0.25) is 9.88 Å². The Hall–Kier alpha value is -3.29. The van der Waals surface area contributed by atoms with Crippen LogP contribution in [0.3, 0.4) is 0 Å². The Bertz CT molecular complexity index is 1360. The van der Waals surface area contributed by atoms with Gasteiger partial charge in [-0.2, -0.15) is 9.57 Å². The van der Waals surface area contributed by atoms with Crippen LogP contribution in [0.1, 0.15) is 25.1 Å². The minimum absolute atomic E-state index is 0.0782. The number of pyridine rings is 1. The highest BCUT2D eigenvalue weighted by Gasteiger charge is 2.38. The number of aliphatic hydroxyl groups is 1. The highest BCUT2D eigenvalue weighted by Crippen LogP contribution is 2.36. The second-order valence-electron chi connectivity index (χ2n) is 9.61. The molecule has 37 heavy (non-hydrogen) atoms. The van der Waals surface area contributed by atoms with Crippen molar-refractivity contribution in [2.75, 3.05) is 26.7 Å². The van der Waals surface area contributed by atoms with Gasteiger partial charge in [-0.15, -0.1) is 0 Å². The van der Waals surface area contributed by atoms with Gasteiger partial charge in [0.15, 0.2) is 0 Å². The molecule has 0 unspecified atom stereocenters. The number of benzene rings is 2. The molecule has 1 aromatic heterocycles. The van der Waals surface area contributed by atoms with Crippen molar-refractivity contribution in [2.45, 2.75) is 37.4 Å². The summed E-state index contributed by atoms with van der Waals surface area (Å²) in [6.45, 7) is 4.81. The van der Waals surface area contributed by atoms with Gasteiger partial charge in [0.25, 0.3) is 0 Å². The van der Waals surface area contributed by atoms with Crippen molar-refractivity contribution in [3.05, 3.63) is 78.1 Å². The molecule has 0 fully saturated rings. The number of sulfonamides is 1. The zero-order chi connectivity index (χ0) is 26.6. The average Bonchev–Trinajstić information content (AvgIpc) is 2.90. The van der Waals surface area contributed by atoms with Crippen molar-refractivity contribution in [2.24, 2.45) is 5.92 Å². The molecule has 0 bridgehead atoms. The van der Waals surface area contributed by atoms with E-state index in [1.54, 1.807) is 43.5 Å². The highest BCUT2D eigenvalue weighted by molar-refractivity contribution is 7.89. The first-order chi connectivity index (χ1) is 17.7. The quantitative estimate of drug-likeness (QED) is 0.508. The molecule has 2 aromatic carbocycles. The van der Waals surface area contributed by atoms with E-state index in [9.17, 15) is 13.5 Å². The number of nitriles is 1. The summed E-state index contributed by atoms with van der Waals surface area (Å²) in [6.07, 6.45) is 1.45. The van der Waals surface area contributed by atoms with Gasteiger partial charge in [-0.05, 0) is 61.5 Å². The predicted octanol–water partition coefficient (Wildman–Crippen LogP) is 3.52. The average molecular weight is 521 g/mol. The molecule has 0 spiro atoms. The summed E-state index contributed by atoms with van der Waals surface area (Å²) in [4.78, 5) is 6.60. The number of aliphatic hydroxyl groups excluding tert-OH is 1. The van der Waals surface area contributed by atoms with Gasteiger partial charge in [0.1, 0.15) is 16.7 Å². The number of aromatic nitrogens is 1. The largest absolute Gasteiger partial charge is 0.487 e. The summed E-state index contributed by atoms with van der Waals surface area (Å²) in [6, 6.07) is 19.5. The van der Waals surface area contributed by atoms with E-state index < -0.39 is 16.1 Å². The van der Waals surface area contributed by atoms with E-state index in [0.29, 0.717) is 18.7 Å². The van der Waals surface area contributed by atoms with Gasteiger partial charge in [0, 0.05) is 37.8 Å². The van der Waals surface area contributed by atoms with Crippen molar-refractivity contribution in [1.82, 2.24) is 14.2 Å². The number of nitrogens with zero attached hydrogens (tertiary/aromatic N) is 4. The molecule has 0 saturated heterocycles. The van der Waals surface area contributed by atoms with Crippen LogP contribution in [0.25, 0.3) is 11.1 Å². The second kappa shape index (κ2) is 11.4. The Morgan fingerprint density at radius 1 is 1.19 bits per heavy atom. The Labute approximate surface area is 218 Å². The van der Waals surface area contributed by atoms with E-state index >= 15 is 0 Å². The molecule has 0 saturated carbocycles. The van der Waals surface area contributed by atoms with Crippen LogP contribution < -0.4 is 4.74 Å². The lowest BCUT2D eigenvalue weighted by Crippen LogP contribution is -2.49. The summed E-state index contributed by atoms with van der Waals surface area (Å²) >= 11 is 0. The molecule has 3 aromatic rings. The molecule has 2 heterocycles. The Morgan fingerprint density at radius 3 is 2.57 bits per heavy atom. The molecule has 1 N–H and O–H groups in total. The molecule has 9 heteroatoms. The smallest absolute Gasteiger partial charge is 0.247 e. The molecule has 4 rings (SSSR count). The van der Waals surface area contributed by atoms with E-state index in [4.69, 9.17) is 10.00 Å². The van der Waals surface area contributed by atoms with Crippen LogP contribution in [0.15, 0.2) is 71.8 Å². The standard InChI is InChI=1S/C28H32N4O4S/c1-20-16-32(21(2)19-33)37(34,35)28-12-11-24(23-9-7-22(15-29)8-10-23)14-26(28)36-27(20)18-31(3)17-25-6-4-5-13-30-25/h4-14,20-21,27,33H,16-19H2,1-3H3/t20-,21-,27+/m0/s1. The molecule has 3 atom stereocenters. The van der Waals surface area contributed by atoms with Crippen LogP contribution in [0.5, 0.6) is 5.75 Å². The van der Waals surface area contributed by atoms with Gasteiger partial charge in [0.05, 0.1) is 23.9 Å². The van der Waals surface area contributed by atoms with E-state index in [1.165, 1.54) is 4.31 Å². The molecule has 1 aliphatic rings. The number of hydrogen-bond donors (Lipinski definition) is 1. The van der Waals surface area contributed by atoms with Crippen LogP contribution in [0, 0.1) is 17.2 Å². The summed E-state index contributed by atoms with van der Waals surface area (Å²) in [5.74, 6) is 0.126. The summed E-state index contributed by atoms with van der Waals surface area (Å²) in [7, 11) is -1.93. The minimum Gasteiger partial charge on any atom is -0.487 e. The van der Waals surface area contributed by atoms with Crippen LogP contribution in [-0.2, 0) is 16.6 Å². The number of ether oxygens (including phenoxy) is 1. The summed E-state index contributed by atoms with van der Waals surface area (Å²) < 4.78 is 35.3. The molecule has 0 amide bonds. The molecular formula is C28H32N4O4S. The fourth-order valence-electron chi connectivity index (χ4n) is 4.50. The Kier molecular flexibility index (Phi) is 8.25. The maximum atomic E-state index is 13.7. The summed E-state index contributed by atoms with van der Waals surface area (Å²) in [5, 5.41) is 19.0. The number of fused-ring (bicyclic) bond motifs is 1. The van der Waals surface area contributed by atoms with Gasteiger partial charge in [-0.1, -0.05) is 31.2 Å². The van der Waals surface area contributed by atoms with E-state index in [0.717, 1.165) is 16.8 Å². The van der Waals surface area contributed by atoms with Crippen LogP contribution in [-0.4, -0.2) is 66.6 Å². The first kappa shape index (κ1) is 26.8. The fraction of sp³-hybridized carbons (Fsp3) is 0.357. The zero-order valence-electron chi connectivity index (χ0n) is 21.3. The second-order valence-corrected chi connectivity index (χ2v) is 11.5. The van der Waals surface area contributed by atoms with Crippen molar-refractivity contribution in [1.29, 1.82) is 5.26 Å². The van der Waals surface area contributed by atoms with Crippen molar-refractivity contribution in [3.63, 3.8) is 0 Å². The lowest BCUT2D eigenvalue weighted by Gasteiger charge is -2.37. The molecule has 194 valence electrons. The first-order valence-corrected chi connectivity index (χ1v) is 13.7. The lowest BCUT2D eigenvalue weighted by molar-refractivity contribution is 0.0731. The fourth-order valence-corrected chi connectivity index (χ4v) is 6.33. The highest BCUT2D eigenvalue weighted by atomic mass is 32.2. The van der Waals surface area contributed by atoms with Crippen molar-refractivity contribution in [3.8, 4) is 22.9 Å². The SMILES string of the molecule is C[C@H]1CN([C@@H](C)CO)S(=O)(=O)c2ccc(-c3ccc(C#N)cc3)cc2O[C@@H]1CN(C)Cc1ccccn1. The van der Waals surface area contributed by atoms with Crippen LogP contribution in [0.4, 0.5) is 0 Å². The first-order valence-electron chi connectivity index (χ1n) is 12.3. The van der Waals surface area contributed by atoms with Crippen LogP contribution >= 0.6 is 0 Å². The third-order valence-corrected chi connectivity index (χ3v) is 8.68. The van der Waals surface area contributed by atoms with Crippen molar-refractivity contribution < 1.29 is 18.3 Å². The minimum atomic E-state index is -3.92. The van der Waals surface area contributed by atoms with E-state index in [2.05, 4.69) is 16.0 Å². The maximum absolute atomic E-state index is 13.7. The normalized spacial score (nSPS) is 20.2. The van der Waals surface area contributed by atoms with Gasteiger partial charge in [-0.25, -0.2) is 8.42 Å². The third kappa shape index (κ3) is 6.00. The Balaban J connectivity index is 1.72. The third-order valence-electron chi connectivity index (χ3n) is 6.66. The van der Waals surface area contributed by atoms with Gasteiger partial charge in [0.2, 0.25) is 10.0 Å². The number of likely N-dealkylation sites (N-methyl/N-ethyl adjacent to an activating group) is 1. The molecular weight excluding hydrogens is 488 g/mol. The molecule has 8 nitrogen and oxygen atoms in total. The predicted molar refractivity (Wildman–Crippen MR) is 141 cm³/mol. The molecule has 0 aliphatic carbocycles. The molecule has 0 radical (unpaired) electrons. The van der Waals surface area contributed by atoms with E-state index in [-0.39, 0.29) is 35.8 Å². The maximum Gasteiger partial charge on any atom is 0.247 e. The van der Waals surface area contributed by atoms with Crippen molar-refractivity contribution >= 4 is 10.0 Å². The zero-order valence-corrected chi connectivity index (χ0v) is 22.1. The van der Waals surface area contributed by atoms with E-state index in [1.807, 2.05) is 44.3 Å². The number of rotatable bonds is 7. The summed E-state index contributed by atoms with van der Waals surface area (Å²) in [5.41, 5.74) is 3.12. The Morgan fingerprint density at radius 2 is 1.92 bits per heavy atom. The number of hydrogen-bond acceptors (Lipinski definition) is 7. The van der Waals surface area contributed by atoms with Crippen LogP contribution in [0.2, 0.25) is 0 Å².